The van der Waals surface area contributed by atoms with E-state index in [4.69, 9.17) is 0 Å². The zero-order chi connectivity index (χ0) is 13.3. The van der Waals surface area contributed by atoms with E-state index >= 15 is 0 Å². The van der Waals surface area contributed by atoms with Gasteiger partial charge in [-0.1, -0.05) is 15.9 Å². The maximum atomic E-state index is 11.4. The van der Waals surface area contributed by atoms with Gasteiger partial charge in [-0.3, -0.25) is 9.59 Å². The van der Waals surface area contributed by atoms with Gasteiger partial charge >= 0.3 is 11.1 Å². The molecule has 1 aromatic carbocycles. The first-order valence-electron chi connectivity index (χ1n) is 5.41. The lowest BCUT2D eigenvalue weighted by molar-refractivity contribution is 0.689. The average Bonchev–Trinajstić information content (AvgIpc) is 2.28. The van der Waals surface area contributed by atoms with Gasteiger partial charge in [-0.2, -0.15) is 0 Å². The number of fused-ring (bicyclic) bond motifs is 1. The number of aromatic nitrogens is 2. The molecule has 0 saturated heterocycles. The van der Waals surface area contributed by atoms with E-state index in [1.54, 1.807) is 6.07 Å². The molecule has 0 aliphatic rings. The lowest BCUT2D eigenvalue weighted by atomic mass is 10.1. The summed E-state index contributed by atoms with van der Waals surface area (Å²) in [7, 11) is 2.64. The van der Waals surface area contributed by atoms with Crippen LogP contribution >= 0.6 is 25.2 Å². The van der Waals surface area contributed by atoms with E-state index in [0.29, 0.717) is 17.6 Å². The highest BCUT2D eigenvalue weighted by atomic mass is 79.9. The molecule has 2 atom stereocenters. The van der Waals surface area contributed by atoms with Gasteiger partial charge in [0.1, 0.15) is 0 Å². The van der Waals surface area contributed by atoms with Gasteiger partial charge in [0.25, 0.3) is 0 Å². The first-order valence-corrected chi connectivity index (χ1v) is 6.87. The molecular weight excluding hydrogens is 317 g/mol. The topological polar surface area (TPSA) is 77.8 Å². The van der Waals surface area contributed by atoms with Crippen LogP contribution in [0.3, 0.4) is 0 Å². The van der Waals surface area contributed by atoms with Gasteiger partial charge in [-0.15, -0.1) is 9.24 Å². The number of benzene rings is 1. The Balaban J connectivity index is 2.60. The van der Waals surface area contributed by atoms with Crippen LogP contribution in [-0.2, 0) is 6.54 Å². The molecule has 5 nitrogen and oxygen atoms in total. The van der Waals surface area contributed by atoms with Crippen molar-refractivity contribution in [1.82, 2.24) is 15.3 Å². The first-order chi connectivity index (χ1) is 8.47. The third-order valence-corrected chi connectivity index (χ3v) is 3.19. The Bertz CT molecular complexity index is 693. The molecule has 2 unspecified atom stereocenters. The van der Waals surface area contributed by atoms with Gasteiger partial charge in [0.15, 0.2) is 0 Å². The van der Waals surface area contributed by atoms with Crippen LogP contribution < -0.4 is 16.4 Å². The van der Waals surface area contributed by atoms with Crippen molar-refractivity contribution >= 4 is 36.2 Å². The van der Waals surface area contributed by atoms with E-state index in [1.165, 1.54) is 0 Å². The van der Waals surface area contributed by atoms with Crippen LogP contribution in [0, 0.1) is 0 Å². The zero-order valence-corrected chi connectivity index (χ0v) is 12.5. The molecule has 96 valence electrons. The van der Waals surface area contributed by atoms with Crippen LogP contribution in [0.25, 0.3) is 11.0 Å². The lowest BCUT2D eigenvalue weighted by Crippen LogP contribution is -2.29. The second kappa shape index (κ2) is 5.34. The standard InChI is InChI=1S/C11H13BrN3O2P/c1-5(18)13-4-6-2-7(12)3-8-9(6)15-11(17)10(16)14-8/h2-3,5,13H,4,18H2,1H3,(H,14,16)(H,15,17). The smallest absolute Gasteiger partial charge is 0.314 e. The van der Waals surface area contributed by atoms with Crippen molar-refractivity contribution in [2.75, 3.05) is 0 Å². The molecule has 2 aromatic rings. The SMILES string of the molecule is CC(P)NCc1cc(Br)cc2[nH]c(=O)c(=O)[nH]c12. The molecule has 0 saturated carbocycles. The van der Waals surface area contributed by atoms with Crippen LogP contribution in [0.1, 0.15) is 12.5 Å². The molecule has 0 aliphatic heterocycles. The molecule has 0 aliphatic carbocycles. The van der Waals surface area contributed by atoms with Crippen molar-refractivity contribution in [2.24, 2.45) is 0 Å². The Kier molecular flexibility index (Phi) is 4.00. The van der Waals surface area contributed by atoms with E-state index < -0.39 is 11.1 Å². The normalized spacial score (nSPS) is 12.8. The molecule has 3 N–H and O–H groups in total. The monoisotopic (exact) mass is 329 g/mol. The molecule has 0 radical (unpaired) electrons. The number of halogens is 1. The van der Waals surface area contributed by atoms with Crippen molar-refractivity contribution in [3.63, 3.8) is 0 Å². The Hall–Kier alpha value is -0.970. The number of nitrogens with one attached hydrogen (secondary N) is 3. The fourth-order valence-corrected chi connectivity index (χ4v) is 2.29. The molecule has 0 spiro atoms. The zero-order valence-electron chi connectivity index (χ0n) is 9.71. The second-order valence-corrected chi connectivity index (χ2v) is 5.98. The quantitative estimate of drug-likeness (QED) is 0.586. The predicted octanol–water partition coefficient (Wildman–Crippen LogP) is 1.29. The summed E-state index contributed by atoms with van der Waals surface area (Å²) < 4.78 is 0.853. The fraction of sp³-hybridized carbons (Fsp3) is 0.273. The lowest BCUT2D eigenvalue weighted by Gasteiger charge is -2.10. The molecule has 7 heteroatoms. The maximum absolute atomic E-state index is 11.4. The van der Waals surface area contributed by atoms with Crippen molar-refractivity contribution < 1.29 is 0 Å². The number of rotatable bonds is 3. The molecule has 0 fully saturated rings. The minimum Gasteiger partial charge on any atom is -0.316 e. The Morgan fingerprint density at radius 2 is 2.00 bits per heavy atom. The van der Waals surface area contributed by atoms with E-state index in [-0.39, 0.29) is 5.78 Å². The number of hydrogen-bond donors (Lipinski definition) is 3. The van der Waals surface area contributed by atoms with E-state index in [0.717, 1.165) is 10.0 Å². The van der Waals surface area contributed by atoms with Crippen LogP contribution in [0.5, 0.6) is 0 Å². The van der Waals surface area contributed by atoms with Crippen LogP contribution in [0.2, 0.25) is 0 Å². The molecule has 1 aromatic heterocycles. The summed E-state index contributed by atoms with van der Waals surface area (Å²) >= 11 is 3.39. The largest absolute Gasteiger partial charge is 0.316 e. The fourth-order valence-electron chi connectivity index (χ4n) is 1.67. The highest BCUT2D eigenvalue weighted by Gasteiger charge is 2.07. The average molecular weight is 330 g/mol. The third-order valence-electron chi connectivity index (χ3n) is 2.49. The third kappa shape index (κ3) is 2.88. The van der Waals surface area contributed by atoms with Crippen molar-refractivity contribution in [3.8, 4) is 0 Å². The molecule has 18 heavy (non-hydrogen) atoms. The predicted molar refractivity (Wildman–Crippen MR) is 78.9 cm³/mol. The van der Waals surface area contributed by atoms with Gasteiger partial charge in [-0.05, 0) is 24.6 Å². The maximum Gasteiger partial charge on any atom is 0.314 e. The minimum absolute atomic E-state index is 0.258. The highest BCUT2D eigenvalue weighted by Crippen LogP contribution is 2.20. The minimum atomic E-state index is -0.640. The summed E-state index contributed by atoms with van der Waals surface area (Å²) in [4.78, 5) is 27.8. The summed E-state index contributed by atoms with van der Waals surface area (Å²) in [5.74, 6) is 0.258. The summed E-state index contributed by atoms with van der Waals surface area (Å²) in [5, 5.41) is 3.24. The summed E-state index contributed by atoms with van der Waals surface area (Å²) in [6.07, 6.45) is 0. The van der Waals surface area contributed by atoms with Crippen molar-refractivity contribution in [2.45, 2.75) is 19.3 Å². The summed E-state index contributed by atoms with van der Waals surface area (Å²) in [6, 6.07) is 3.68. The van der Waals surface area contributed by atoms with Crippen molar-refractivity contribution in [1.29, 1.82) is 0 Å². The Morgan fingerprint density at radius 3 is 2.67 bits per heavy atom. The summed E-state index contributed by atoms with van der Waals surface area (Å²) in [5.41, 5.74) is 0.911. The van der Waals surface area contributed by atoms with Crippen LogP contribution in [0.4, 0.5) is 0 Å². The molecule has 0 bridgehead atoms. The van der Waals surface area contributed by atoms with E-state index in [1.807, 2.05) is 13.0 Å². The van der Waals surface area contributed by atoms with E-state index in [2.05, 4.69) is 40.5 Å². The summed E-state index contributed by atoms with van der Waals surface area (Å²) in [6.45, 7) is 2.61. The molecule has 0 amide bonds. The van der Waals surface area contributed by atoms with Gasteiger partial charge in [0, 0.05) is 16.8 Å². The van der Waals surface area contributed by atoms with Gasteiger partial charge in [0.05, 0.1) is 11.0 Å². The van der Waals surface area contributed by atoms with Crippen LogP contribution in [0.15, 0.2) is 26.2 Å². The molecule has 1 heterocycles. The first kappa shape index (κ1) is 13.5. The highest BCUT2D eigenvalue weighted by molar-refractivity contribution is 9.10. The Labute approximate surface area is 114 Å². The molecular formula is C11H13BrN3O2P. The van der Waals surface area contributed by atoms with Crippen molar-refractivity contribution in [3.05, 3.63) is 42.9 Å². The second-order valence-electron chi connectivity index (χ2n) is 4.07. The van der Waals surface area contributed by atoms with Gasteiger partial charge < -0.3 is 15.3 Å². The van der Waals surface area contributed by atoms with Crippen LogP contribution in [-0.4, -0.2) is 15.8 Å². The number of H-pyrrole nitrogens is 2. The Morgan fingerprint density at radius 1 is 1.33 bits per heavy atom. The van der Waals surface area contributed by atoms with E-state index in [9.17, 15) is 9.59 Å². The van der Waals surface area contributed by atoms with Gasteiger partial charge in [0.2, 0.25) is 0 Å². The number of hydrogen-bond acceptors (Lipinski definition) is 3. The van der Waals surface area contributed by atoms with Gasteiger partial charge in [-0.25, -0.2) is 0 Å². The number of aromatic amines is 2. The molecule has 2 rings (SSSR count).